The lowest BCUT2D eigenvalue weighted by Gasteiger charge is -2.27. The largest absolute Gasteiger partial charge is 0.486 e. The minimum atomic E-state index is 0.0772. The number of imidazole rings is 1. The van der Waals surface area contributed by atoms with Crippen molar-refractivity contribution < 1.29 is 14.3 Å². The predicted octanol–water partition coefficient (Wildman–Crippen LogP) is 3.63. The molecule has 6 heteroatoms. The third kappa shape index (κ3) is 3.74. The minimum Gasteiger partial charge on any atom is -0.486 e. The molecule has 1 saturated heterocycles. The summed E-state index contributed by atoms with van der Waals surface area (Å²) in [5, 5.41) is 2.30. The normalized spacial score (nSPS) is 14.3. The Labute approximate surface area is 174 Å². The van der Waals surface area contributed by atoms with E-state index in [1.807, 2.05) is 58.0 Å². The van der Waals surface area contributed by atoms with Gasteiger partial charge in [0, 0.05) is 13.1 Å². The molecule has 0 atom stereocenters. The van der Waals surface area contributed by atoms with Crippen molar-refractivity contribution in [3.8, 4) is 5.75 Å². The van der Waals surface area contributed by atoms with Gasteiger partial charge in [0.15, 0.2) is 0 Å². The highest BCUT2D eigenvalue weighted by atomic mass is 16.5. The molecule has 0 spiro atoms. The monoisotopic (exact) mass is 401 g/mol. The first-order valence-electron chi connectivity index (χ1n) is 10.2. The number of ether oxygens (including phenoxy) is 2. The van der Waals surface area contributed by atoms with E-state index in [0.717, 1.165) is 28.0 Å². The fraction of sp³-hybridized carbons (Fsp3) is 0.250. The van der Waals surface area contributed by atoms with Crippen LogP contribution in [0, 0.1) is 0 Å². The van der Waals surface area contributed by atoms with Crippen LogP contribution in [0.15, 0.2) is 66.7 Å². The minimum absolute atomic E-state index is 0.0772. The number of fused-ring (bicyclic) bond motifs is 2. The van der Waals surface area contributed by atoms with Crippen LogP contribution >= 0.6 is 0 Å². The van der Waals surface area contributed by atoms with E-state index in [2.05, 4.69) is 18.2 Å². The third-order valence-corrected chi connectivity index (χ3v) is 5.48. The number of aromatic nitrogens is 2. The zero-order valence-electron chi connectivity index (χ0n) is 16.7. The molecule has 1 aliphatic heterocycles. The molecule has 1 fully saturated rings. The number of rotatable bonds is 5. The van der Waals surface area contributed by atoms with Crippen molar-refractivity contribution in [2.24, 2.45) is 0 Å². The highest BCUT2D eigenvalue weighted by molar-refractivity contribution is 5.84. The fourth-order valence-electron chi connectivity index (χ4n) is 3.87. The van der Waals surface area contributed by atoms with E-state index in [1.165, 1.54) is 5.39 Å². The van der Waals surface area contributed by atoms with E-state index in [4.69, 9.17) is 14.5 Å². The molecule has 1 aliphatic rings. The quantitative estimate of drug-likeness (QED) is 0.513. The Morgan fingerprint density at radius 2 is 1.73 bits per heavy atom. The highest BCUT2D eigenvalue weighted by Crippen LogP contribution is 2.23. The van der Waals surface area contributed by atoms with Gasteiger partial charge in [-0.2, -0.15) is 0 Å². The predicted molar refractivity (Wildman–Crippen MR) is 115 cm³/mol. The van der Waals surface area contributed by atoms with Gasteiger partial charge in [0.05, 0.1) is 24.2 Å². The highest BCUT2D eigenvalue weighted by Gasteiger charge is 2.20. The molecular weight excluding hydrogens is 378 g/mol. The van der Waals surface area contributed by atoms with Crippen molar-refractivity contribution in [3.63, 3.8) is 0 Å². The molecule has 30 heavy (non-hydrogen) atoms. The molecule has 4 aromatic rings. The van der Waals surface area contributed by atoms with Crippen molar-refractivity contribution in [2.45, 2.75) is 13.2 Å². The molecule has 0 unspecified atom stereocenters. The van der Waals surface area contributed by atoms with Crippen LogP contribution in [0.3, 0.4) is 0 Å². The molecule has 152 valence electrons. The SMILES string of the molecule is O=C(Cn1c(COc2ccc3ccccc3c2)nc2ccccc21)N1CCOCC1. The first-order valence-corrected chi connectivity index (χ1v) is 10.2. The molecule has 1 aromatic heterocycles. The number of nitrogens with zero attached hydrogens (tertiary/aromatic N) is 3. The molecule has 3 aromatic carbocycles. The number of para-hydroxylation sites is 2. The van der Waals surface area contributed by atoms with Crippen molar-refractivity contribution in [2.75, 3.05) is 26.3 Å². The van der Waals surface area contributed by atoms with Crippen LogP contribution in [0.2, 0.25) is 0 Å². The standard InChI is InChI=1S/C24H23N3O3/c28-24(26-11-13-29-14-12-26)16-27-22-8-4-3-7-21(22)25-23(27)17-30-20-10-9-18-5-1-2-6-19(18)15-20/h1-10,15H,11-14,16-17H2. The Hall–Kier alpha value is -3.38. The molecule has 0 radical (unpaired) electrons. The first kappa shape index (κ1) is 18.6. The van der Waals surface area contributed by atoms with Gasteiger partial charge >= 0.3 is 0 Å². The smallest absolute Gasteiger partial charge is 0.242 e. The van der Waals surface area contributed by atoms with Crippen LogP contribution < -0.4 is 4.74 Å². The number of benzene rings is 3. The van der Waals surface area contributed by atoms with Crippen molar-refractivity contribution in [1.29, 1.82) is 0 Å². The van der Waals surface area contributed by atoms with Crippen molar-refractivity contribution in [3.05, 3.63) is 72.6 Å². The molecule has 0 bridgehead atoms. The summed E-state index contributed by atoms with van der Waals surface area (Å²) in [6.07, 6.45) is 0. The lowest BCUT2D eigenvalue weighted by atomic mass is 10.1. The molecule has 2 heterocycles. The van der Waals surface area contributed by atoms with Gasteiger partial charge in [-0.25, -0.2) is 4.98 Å². The lowest BCUT2D eigenvalue weighted by molar-refractivity contribution is -0.135. The summed E-state index contributed by atoms with van der Waals surface area (Å²) >= 11 is 0. The van der Waals surface area contributed by atoms with Crippen LogP contribution in [0.4, 0.5) is 0 Å². The van der Waals surface area contributed by atoms with E-state index < -0.39 is 0 Å². The van der Waals surface area contributed by atoms with Gasteiger partial charge in [0.1, 0.15) is 24.7 Å². The molecule has 0 N–H and O–H groups in total. The van der Waals surface area contributed by atoms with E-state index in [9.17, 15) is 4.79 Å². The fourth-order valence-corrected chi connectivity index (χ4v) is 3.87. The molecule has 6 nitrogen and oxygen atoms in total. The number of hydrogen-bond acceptors (Lipinski definition) is 4. The summed E-state index contributed by atoms with van der Waals surface area (Å²) in [5.41, 5.74) is 1.81. The second-order valence-corrected chi connectivity index (χ2v) is 7.39. The lowest BCUT2D eigenvalue weighted by Crippen LogP contribution is -2.42. The zero-order chi connectivity index (χ0) is 20.3. The Morgan fingerprint density at radius 3 is 2.60 bits per heavy atom. The van der Waals surface area contributed by atoms with Gasteiger partial charge in [-0.15, -0.1) is 0 Å². The molecule has 0 saturated carbocycles. The topological polar surface area (TPSA) is 56.6 Å². The van der Waals surface area contributed by atoms with Crippen LogP contribution in [0.25, 0.3) is 21.8 Å². The van der Waals surface area contributed by atoms with E-state index >= 15 is 0 Å². The molecule has 0 aliphatic carbocycles. The Balaban J connectivity index is 1.40. The van der Waals surface area contributed by atoms with Gasteiger partial charge < -0.3 is 18.9 Å². The Bertz CT molecular complexity index is 1190. The summed E-state index contributed by atoms with van der Waals surface area (Å²) in [5.74, 6) is 1.60. The average Bonchev–Trinajstić information content (AvgIpc) is 3.15. The van der Waals surface area contributed by atoms with Gasteiger partial charge in [0.25, 0.3) is 0 Å². The number of hydrogen-bond donors (Lipinski definition) is 0. The van der Waals surface area contributed by atoms with E-state index in [-0.39, 0.29) is 12.5 Å². The summed E-state index contributed by atoms with van der Waals surface area (Å²) in [4.78, 5) is 19.4. The number of amides is 1. The number of morpholine rings is 1. The maximum Gasteiger partial charge on any atom is 0.242 e. The van der Waals surface area contributed by atoms with Crippen LogP contribution in [0.5, 0.6) is 5.75 Å². The van der Waals surface area contributed by atoms with Gasteiger partial charge in [-0.05, 0) is 35.0 Å². The number of carbonyl (C=O) groups excluding carboxylic acids is 1. The summed E-state index contributed by atoms with van der Waals surface area (Å²) < 4.78 is 13.4. The van der Waals surface area contributed by atoms with Gasteiger partial charge in [-0.1, -0.05) is 42.5 Å². The van der Waals surface area contributed by atoms with Crippen LogP contribution in [-0.2, 0) is 22.7 Å². The van der Waals surface area contributed by atoms with E-state index in [1.54, 1.807) is 0 Å². The maximum atomic E-state index is 12.9. The molecule has 1 amide bonds. The molecular formula is C24H23N3O3. The van der Waals surface area contributed by atoms with E-state index in [0.29, 0.717) is 32.9 Å². The van der Waals surface area contributed by atoms with Crippen molar-refractivity contribution >= 4 is 27.7 Å². The van der Waals surface area contributed by atoms with Gasteiger partial charge in [-0.3, -0.25) is 4.79 Å². The summed E-state index contributed by atoms with van der Waals surface area (Å²) in [6.45, 7) is 2.99. The zero-order valence-corrected chi connectivity index (χ0v) is 16.7. The maximum absolute atomic E-state index is 12.9. The van der Waals surface area contributed by atoms with Gasteiger partial charge in [0.2, 0.25) is 5.91 Å². The van der Waals surface area contributed by atoms with Crippen LogP contribution in [-0.4, -0.2) is 46.7 Å². The second kappa shape index (κ2) is 8.16. The number of carbonyl (C=O) groups is 1. The summed E-state index contributed by atoms with van der Waals surface area (Å²) in [7, 11) is 0. The Kier molecular flexibility index (Phi) is 5.07. The second-order valence-electron chi connectivity index (χ2n) is 7.39. The first-order chi connectivity index (χ1) is 14.8. The van der Waals surface area contributed by atoms with Crippen molar-refractivity contribution in [1.82, 2.24) is 14.5 Å². The molecule has 5 rings (SSSR count). The average molecular weight is 401 g/mol. The van der Waals surface area contributed by atoms with Crippen LogP contribution in [0.1, 0.15) is 5.82 Å². The third-order valence-electron chi connectivity index (χ3n) is 5.48. The summed E-state index contributed by atoms with van der Waals surface area (Å²) in [6, 6.07) is 22.1. The Morgan fingerprint density at radius 1 is 0.967 bits per heavy atom.